The number of fused-ring (bicyclic) bond motifs is 1. The maximum atomic E-state index is 8.54. The Labute approximate surface area is 152 Å². The van der Waals surface area contributed by atoms with Crippen LogP contribution in [0.15, 0.2) is 36.4 Å². The normalized spacial score (nSPS) is 11.7. The van der Waals surface area contributed by atoms with Crippen LogP contribution in [0.25, 0.3) is 26.9 Å². The SMILES string of the molecule is [2H]c1c(C)[n+](C)c(-c2cc(C(C)C)cc(C)c2C)c2ccc([N+]#[C-])cc12. The van der Waals surface area contributed by atoms with E-state index in [9.17, 15) is 0 Å². The van der Waals surface area contributed by atoms with Crippen molar-refractivity contribution in [1.82, 2.24) is 0 Å². The van der Waals surface area contributed by atoms with Gasteiger partial charge in [-0.05, 0) is 54.0 Å². The topological polar surface area (TPSA) is 8.24 Å². The predicted molar refractivity (Wildman–Crippen MR) is 105 cm³/mol. The maximum absolute atomic E-state index is 8.54. The van der Waals surface area contributed by atoms with Gasteiger partial charge in [0.1, 0.15) is 7.05 Å². The summed E-state index contributed by atoms with van der Waals surface area (Å²) < 4.78 is 10.7. The van der Waals surface area contributed by atoms with Crippen LogP contribution in [0.4, 0.5) is 5.69 Å². The van der Waals surface area contributed by atoms with Crippen molar-refractivity contribution in [2.75, 3.05) is 0 Å². The van der Waals surface area contributed by atoms with E-state index in [-0.39, 0.29) is 0 Å². The maximum Gasteiger partial charge on any atom is 0.220 e. The van der Waals surface area contributed by atoms with Crippen LogP contribution in [0, 0.1) is 27.3 Å². The zero-order chi connectivity index (χ0) is 19.2. The first-order chi connectivity index (χ1) is 12.3. The lowest BCUT2D eigenvalue weighted by Gasteiger charge is -2.15. The molecule has 1 heterocycles. The second kappa shape index (κ2) is 6.33. The minimum Gasteiger partial charge on any atom is -0.238 e. The molecule has 0 aliphatic carbocycles. The minimum atomic E-state index is 0.454. The second-order valence-corrected chi connectivity index (χ2v) is 7.12. The molecule has 0 spiro atoms. The lowest BCUT2D eigenvalue weighted by atomic mass is 9.90. The van der Waals surface area contributed by atoms with E-state index >= 15 is 0 Å². The first kappa shape index (κ1) is 15.8. The summed E-state index contributed by atoms with van der Waals surface area (Å²) in [5.41, 5.74) is 7.67. The van der Waals surface area contributed by atoms with Crippen molar-refractivity contribution >= 4 is 16.5 Å². The third-order valence-electron chi connectivity index (χ3n) is 5.15. The Kier molecular flexibility index (Phi) is 4.01. The van der Waals surface area contributed by atoms with Crippen LogP contribution in [0.3, 0.4) is 0 Å². The standard InChI is InChI=1S/C23H25N2/c1-14(2)18-10-15(3)17(5)22(13-18)23-21-9-8-20(24-6)12-19(21)11-16(4)25(23)7/h8-14H,1-5,7H3/q+1/i11D. The molecule has 126 valence electrons. The van der Waals surface area contributed by atoms with E-state index in [4.69, 9.17) is 7.94 Å². The summed E-state index contributed by atoms with van der Waals surface area (Å²) in [4.78, 5) is 3.55. The highest BCUT2D eigenvalue weighted by Crippen LogP contribution is 2.34. The fraction of sp³-hybridized carbons (Fsp3) is 0.304. The van der Waals surface area contributed by atoms with Gasteiger partial charge in [-0.3, -0.25) is 0 Å². The van der Waals surface area contributed by atoms with Gasteiger partial charge < -0.3 is 0 Å². The van der Waals surface area contributed by atoms with E-state index in [0.29, 0.717) is 17.6 Å². The summed E-state index contributed by atoms with van der Waals surface area (Å²) in [5, 5.41) is 1.87. The molecule has 3 aromatic rings. The quantitative estimate of drug-likeness (QED) is 0.406. The number of nitrogens with zero attached hydrogens (tertiary/aromatic N) is 2. The third kappa shape index (κ3) is 2.91. The van der Waals surface area contributed by atoms with Crippen LogP contribution in [0.2, 0.25) is 0 Å². The Hall–Kier alpha value is -2.66. The highest BCUT2D eigenvalue weighted by atomic mass is 14.9. The lowest BCUT2D eigenvalue weighted by Crippen LogP contribution is -2.35. The largest absolute Gasteiger partial charge is 0.238 e. The van der Waals surface area contributed by atoms with E-state index in [1.807, 2.05) is 32.2 Å². The van der Waals surface area contributed by atoms with Gasteiger partial charge in [-0.25, -0.2) is 4.85 Å². The molecule has 0 N–H and O–H groups in total. The van der Waals surface area contributed by atoms with Crippen LogP contribution < -0.4 is 4.57 Å². The Morgan fingerprint density at radius 1 is 1.12 bits per heavy atom. The number of aromatic nitrogens is 1. The molecule has 1 aromatic heterocycles. The van der Waals surface area contributed by atoms with Crippen molar-refractivity contribution in [3.05, 3.63) is 70.2 Å². The van der Waals surface area contributed by atoms with Gasteiger partial charge in [0.05, 0.1) is 18.9 Å². The Balaban J connectivity index is 2.49. The van der Waals surface area contributed by atoms with Crippen molar-refractivity contribution in [2.45, 2.75) is 40.5 Å². The molecular formula is C23H25N2+. The number of benzene rings is 2. The van der Waals surface area contributed by atoms with Crippen molar-refractivity contribution in [1.29, 1.82) is 0 Å². The minimum absolute atomic E-state index is 0.454. The first-order valence-electron chi connectivity index (χ1n) is 9.18. The molecule has 0 unspecified atom stereocenters. The van der Waals surface area contributed by atoms with Gasteiger partial charge in [-0.15, -0.1) is 0 Å². The van der Waals surface area contributed by atoms with E-state index in [0.717, 1.165) is 22.2 Å². The fourth-order valence-electron chi connectivity index (χ4n) is 3.33. The fourth-order valence-corrected chi connectivity index (χ4v) is 3.33. The zero-order valence-corrected chi connectivity index (χ0v) is 15.9. The van der Waals surface area contributed by atoms with Crippen molar-refractivity contribution < 1.29 is 5.94 Å². The van der Waals surface area contributed by atoms with Crippen molar-refractivity contribution in [3.8, 4) is 11.3 Å². The van der Waals surface area contributed by atoms with Gasteiger partial charge in [0, 0.05) is 13.0 Å². The van der Waals surface area contributed by atoms with Crippen LogP contribution in [-0.2, 0) is 7.05 Å². The Morgan fingerprint density at radius 2 is 1.84 bits per heavy atom. The molecule has 0 atom stereocenters. The van der Waals surface area contributed by atoms with Gasteiger partial charge in [0.15, 0.2) is 11.4 Å². The van der Waals surface area contributed by atoms with Gasteiger partial charge in [0.2, 0.25) is 5.69 Å². The molecule has 2 nitrogen and oxygen atoms in total. The molecule has 0 bridgehead atoms. The van der Waals surface area contributed by atoms with E-state index in [2.05, 4.69) is 49.2 Å². The average Bonchev–Trinajstić information content (AvgIpc) is 2.62. The van der Waals surface area contributed by atoms with E-state index < -0.39 is 0 Å². The molecule has 2 heteroatoms. The number of rotatable bonds is 2. The lowest BCUT2D eigenvalue weighted by molar-refractivity contribution is -0.665. The Bertz CT molecular complexity index is 1070. The van der Waals surface area contributed by atoms with Crippen LogP contribution in [0.1, 0.15) is 43.5 Å². The van der Waals surface area contributed by atoms with Crippen molar-refractivity contribution in [3.63, 3.8) is 0 Å². The average molecular weight is 330 g/mol. The number of hydrogen-bond acceptors (Lipinski definition) is 0. The summed E-state index contributed by atoms with van der Waals surface area (Å²) in [6.07, 6.45) is 0. The first-order valence-corrected chi connectivity index (χ1v) is 8.68. The third-order valence-corrected chi connectivity index (χ3v) is 5.15. The predicted octanol–water partition coefficient (Wildman–Crippen LogP) is 5.93. The summed E-state index contributed by atoms with van der Waals surface area (Å²) in [7, 11) is 2.03. The van der Waals surface area contributed by atoms with Gasteiger partial charge in [-0.2, -0.15) is 4.57 Å². The van der Waals surface area contributed by atoms with Crippen LogP contribution in [-0.4, -0.2) is 0 Å². The van der Waals surface area contributed by atoms with Gasteiger partial charge >= 0.3 is 0 Å². The number of hydrogen-bond donors (Lipinski definition) is 0. The van der Waals surface area contributed by atoms with Crippen molar-refractivity contribution in [2.24, 2.45) is 7.05 Å². The van der Waals surface area contributed by atoms with Gasteiger partial charge in [0.25, 0.3) is 0 Å². The number of aryl methyl sites for hydroxylation is 1. The van der Waals surface area contributed by atoms with E-state index in [1.165, 1.54) is 22.3 Å². The Morgan fingerprint density at radius 3 is 2.48 bits per heavy atom. The molecule has 0 saturated carbocycles. The molecule has 0 aliphatic heterocycles. The number of pyridine rings is 1. The van der Waals surface area contributed by atoms with E-state index in [1.54, 1.807) is 0 Å². The molecule has 0 fully saturated rings. The molecule has 2 aromatic carbocycles. The van der Waals surface area contributed by atoms with Crippen LogP contribution in [0.5, 0.6) is 0 Å². The van der Waals surface area contributed by atoms with Crippen LogP contribution >= 0.6 is 0 Å². The summed E-state index contributed by atoms with van der Waals surface area (Å²) in [5.74, 6) is 0.454. The summed E-state index contributed by atoms with van der Waals surface area (Å²) in [6.45, 7) is 18.0. The zero-order valence-electron chi connectivity index (χ0n) is 16.9. The summed E-state index contributed by atoms with van der Waals surface area (Å²) in [6, 6.07) is 10.7. The molecule has 0 radical (unpaired) electrons. The molecular weight excluding hydrogens is 304 g/mol. The highest BCUT2D eigenvalue weighted by Gasteiger charge is 2.21. The molecule has 25 heavy (non-hydrogen) atoms. The van der Waals surface area contributed by atoms with Gasteiger partial charge in [-0.1, -0.05) is 32.0 Å². The molecule has 0 saturated heterocycles. The molecule has 3 rings (SSSR count). The monoisotopic (exact) mass is 330 g/mol. The summed E-state index contributed by atoms with van der Waals surface area (Å²) >= 11 is 0. The molecule has 0 aliphatic rings. The highest BCUT2D eigenvalue weighted by molar-refractivity contribution is 5.96. The second-order valence-electron chi connectivity index (χ2n) is 7.12. The smallest absolute Gasteiger partial charge is 0.220 e. The molecule has 0 amide bonds.